The Morgan fingerprint density at radius 1 is 1.30 bits per heavy atom. The lowest BCUT2D eigenvalue weighted by Crippen LogP contribution is -2.33. The summed E-state index contributed by atoms with van der Waals surface area (Å²) in [6.07, 6.45) is 2.51. The summed E-state index contributed by atoms with van der Waals surface area (Å²) in [5, 5.41) is 21.2. The zero-order chi connectivity index (χ0) is 19.6. The second-order valence-electron chi connectivity index (χ2n) is 6.24. The molecule has 0 unspecified atom stereocenters. The number of nitrogens with one attached hydrogen (secondary N) is 1. The molecule has 2 aromatic rings. The van der Waals surface area contributed by atoms with Crippen LogP contribution in [0.2, 0.25) is 0 Å². The van der Waals surface area contributed by atoms with Crippen molar-refractivity contribution >= 4 is 39.8 Å². The topological polar surface area (TPSA) is 81.9 Å². The molecule has 1 aromatic heterocycles. The van der Waals surface area contributed by atoms with E-state index in [1.807, 2.05) is 26.0 Å². The average molecular weight is 404 g/mol. The third kappa shape index (κ3) is 6.85. The van der Waals surface area contributed by atoms with Crippen LogP contribution in [0.4, 0.5) is 10.8 Å². The zero-order valence-corrected chi connectivity index (χ0v) is 17.6. The van der Waals surface area contributed by atoms with Crippen molar-refractivity contribution in [2.75, 3.05) is 29.1 Å². The van der Waals surface area contributed by atoms with Crippen LogP contribution in [0.3, 0.4) is 0 Å². The fourth-order valence-electron chi connectivity index (χ4n) is 2.58. The van der Waals surface area contributed by atoms with E-state index >= 15 is 0 Å². The lowest BCUT2D eigenvalue weighted by atomic mass is 10.1. The van der Waals surface area contributed by atoms with E-state index < -0.39 is 0 Å². The Bertz CT molecular complexity index is 779. The molecule has 1 amide bonds. The van der Waals surface area contributed by atoms with Crippen molar-refractivity contribution in [1.29, 1.82) is 5.26 Å². The third-order valence-corrected chi connectivity index (χ3v) is 5.80. The van der Waals surface area contributed by atoms with Crippen molar-refractivity contribution in [3.8, 4) is 6.07 Å². The number of thioether (sulfide) groups is 1. The number of hydrogen-bond acceptors (Lipinski definition) is 7. The molecule has 27 heavy (non-hydrogen) atoms. The highest BCUT2D eigenvalue weighted by atomic mass is 32.2. The van der Waals surface area contributed by atoms with Crippen molar-refractivity contribution in [1.82, 2.24) is 10.2 Å². The summed E-state index contributed by atoms with van der Waals surface area (Å²) >= 11 is 2.85. The van der Waals surface area contributed by atoms with Gasteiger partial charge in [-0.05, 0) is 43.5 Å². The van der Waals surface area contributed by atoms with Crippen molar-refractivity contribution in [2.45, 2.75) is 44.4 Å². The van der Waals surface area contributed by atoms with Gasteiger partial charge in [0.2, 0.25) is 11.0 Å². The maximum atomic E-state index is 12.8. The minimum atomic E-state index is -0.0315. The van der Waals surface area contributed by atoms with E-state index in [9.17, 15) is 4.79 Å². The number of carbonyl (C=O) groups excluding carboxylic acids is 1. The van der Waals surface area contributed by atoms with Gasteiger partial charge >= 0.3 is 0 Å². The minimum absolute atomic E-state index is 0.0315. The molecule has 0 bridgehead atoms. The summed E-state index contributed by atoms with van der Waals surface area (Å²) in [7, 11) is 0. The molecule has 1 N–H and O–H groups in total. The van der Waals surface area contributed by atoms with Gasteiger partial charge in [-0.2, -0.15) is 5.26 Å². The summed E-state index contributed by atoms with van der Waals surface area (Å²) in [6, 6.07) is 8.15. The highest BCUT2D eigenvalue weighted by Crippen LogP contribution is 2.27. The van der Waals surface area contributed by atoms with Gasteiger partial charge in [0.05, 0.1) is 18.2 Å². The van der Waals surface area contributed by atoms with Crippen LogP contribution in [0.1, 0.15) is 37.3 Å². The second-order valence-corrected chi connectivity index (χ2v) is 8.44. The van der Waals surface area contributed by atoms with Gasteiger partial charge in [0.15, 0.2) is 4.34 Å². The number of benzene rings is 1. The number of aryl methyl sites for hydroxylation is 2. The summed E-state index contributed by atoms with van der Waals surface area (Å²) in [4.78, 5) is 14.5. The predicted molar refractivity (Wildman–Crippen MR) is 113 cm³/mol. The predicted octanol–water partition coefficient (Wildman–Crippen LogP) is 4.41. The lowest BCUT2D eigenvalue weighted by Gasteiger charge is -2.22. The SMILES string of the molecule is CCCCNc1nnc(SCC(=O)N(CCC#N)c2cc(C)cc(C)c2)s1. The molecule has 0 saturated heterocycles. The number of rotatable bonds is 10. The number of nitriles is 1. The molecule has 2 rings (SSSR count). The van der Waals surface area contributed by atoms with E-state index in [0.29, 0.717) is 13.0 Å². The average Bonchev–Trinajstić information content (AvgIpc) is 3.07. The van der Waals surface area contributed by atoms with Crippen molar-refractivity contribution in [2.24, 2.45) is 0 Å². The number of hydrogen-bond donors (Lipinski definition) is 1. The summed E-state index contributed by atoms with van der Waals surface area (Å²) in [5.74, 6) is 0.234. The molecule has 6 nitrogen and oxygen atoms in total. The fraction of sp³-hybridized carbons (Fsp3) is 0.474. The number of aromatic nitrogens is 2. The first-order valence-electron chi connectivity index (χ1n) is 8.99. The Kier molecular flexibility index (Phi) is 8.55. The number of anilines is 2. The van der Waals surface area contributed by atoms with Crippen molar-refractivity contribution < 1.29 is 4.79 Å². The standard InChI is InChI=1S/C19H25N5OS2/c1-4-5-8-21-18-22-23-19(27-18)26-13-17(25)24(9-6-7-20)16-11-14(2)10-15(3)12-16/h10-12H,4-6,8-9,13H2,1-3H3,(H,21,22). The van der Waals surface area contributed by atoms with Gasteiger partial charge in [0, 0.05) is 18.8 Å². The lowest BCUT2D eigenvalue weighted by molar-refractivity contribution is -0.116. The zero-order valence-electron chi connectivity index (χ0n) is 16.0. The molecule has 0 spiro atoms. The molecule has 0 aliphatic carbocycles. The van der Waals surface area contributed by atoms with E-state index in [-0.39, 0.29) is 11.7 Å². The van der Waals surface area contributed by atoms with Crippen LogP contribution in [-0.4, -0.2) is 34.9 Å². The van der Waals surface area contributed by atoms with E-state index in [0.717, 1.165) is 45.7 Å². The normalized spacial score (nSPS) is 10.4. The first kappa shape index (κ1) is 21.2. The van der Waals surface area contributed by atoms with Crippen molar-refractivity contribution in [3.05, 3.63) is 29.3 Å². The minimum Gasteiger partial charge on any atom is -0.360 e. The van der Waals surface area contributed by atoms with Gasteiger partial charge in [0.25, 0.3) is 0 Å². The van der Waals surface area contributed by atoms with E-state index in [1.165, 1.54) is 23.1 Å². The Morgan fingerprint density at radius 2 is 2.04 bits per heavy atom. The molecule has 0 atom stereocenters. The summed E-state index contributed by atoms with van der Waals surface area (Å²) < 4.78 is 0.767. The number of unbranched alkanes of at least 4 members (excludes halogenated alkanes) is 1. The quantitative estimate of drug-likeness (QED) is 0.467. The molecule has 0 aliphatic rings. The highest BCUT2D eigenvalue weighted by molar-refractivity contribution is 8.01. The number of nitrogens with zero attached hydrogens (tertiary/aromatic N) is 4. The molecule has 0 radical (unpaired) electrons. The number of amides is 1. The first-order valence-corrected chi connectivity index (χ1v) is 10.8. The maximum Gasteiger partial charge on any atom is 0.237 e. The van der Waals surface area contributed by atoms with Gasteiger partial charge < -0.3 is 10.2 Å². The Hall–Kier alpha value is -2.11. The molecule has 0 aliphatic heterocycles. The molecule has 0 fully saturated rings. The van der Waals surface area contributed by atoms with Crippen LogP contribution < -0.4 is 10.2 Å². The van der Waals surface area contributed by atoms with Gasteiger partial charge in [-0.1, -0.05) is 42.5 Å². The van der Waals surface area contributed by atoms with Gasteiger partial charge in [0.1, 0.15) is 0 Å². The van der Waals surface area contributed by atoms with E-state index in [4.69, 9.17) is 5.26 Å². The molecule has 8 heteroatoms. The first-order chi connectivity index (χ1) is 13.0. The van der Waals surface area contributed by atoms with Crippen molar-refractivity contribution in [3.63, 3.8) is 0 Å². The summed E-state index contributed by atoms with van der Waals surface area (Å²) in [6.45, 7) is 7.42. The van der Waals surface area contributed by atoms with Crippen LogP contribution in [0.15, 0.2) is 22.5 Å². The second kappa shape index (κ2) is 10.9. The van der Waals surface area contributed by atoms with Gasteiger partial charge in [-0.3, -0.25) is 4.79 Å². The Balaban J connectivity index is 2.00. The smallest absolute Gasteiger partial charge is 0.237 e. The van der Waals surface area contributed by atoms with Gasteiger partial charge in [-0.25, -0.2) is 0 Å². The fourth-order valence-corrected chi connectivity index (χ4v) is 4.23. The van der Waals surface area contributed by atoms with Crippen LogP contribution in [0, 0.1) is 25.2 Å². The molecule has 1 heterocycles. The Labute approximate surface area is 169 Å². The number of carbonyl (C=O) groups is 1. The maximum absolute atomic E-state index is 12.8. The van der Waals surface area contributed by atoms with E-state index in [1.54, 1.807) is 4.90 Å². The molecule has 0 saturated carbocycles. The van der Waals surface area contributed by atoms with E-state index in [2.05, 4.69) is 34.6 Å². The monoisotopic (exact) mass is 403 g/mol. The van der Waals surface area contributed by atoms with Crippen LogP contribution in [-0.2, 0) is 4.79 Å². The largest absolute Gasteiger partial charge is 0.360 e. The molecular weight excluding hydrogens is 378 g/mol. The van der Waals surface area contributed by atoms with Crippen LogP contribution in [0.5, 0.6) is 0 Å². The molecule has 1 aromatic carbocycles. The van der Waals surface area contributed by atoms with Crippen LogP contribution in [0.25, 0.3) is 0 Å². The molecular formula is C19H25N5OS2. The third-order valence-electron chi connectivity index (χ3n) is 3.80. The summed E-state index contributed by atoms with van der Waals surface area (Å²) in [5.41, 5.74) is 3.03. The highest BCUT2D eigenvalue weighted by Gasteiger charge is 2.17. The molecule has 144 valence electrons. The van der Waals surface area contributed by atoms with Crippen LogP contribution >= 0.6 is 23.1 Å². The Morgan fingerprint density at radius 3 is 2.70 bits per heavy atom. The van der Waals surface area contributed by atoms with Gasteiger partial charge in [-0.15, -0.1) is 10.2 Å².